The van der Waals surface area contributed by atoms with Crippen LogP contribution >= 0.6 is 11.3 Å². The molecule has 0 unspecified atom stereocenters. The van der Waals surface area contributed by atoms with Crippen LogP contribution in [0.4, 0.5) is 5.82 Å². The number of thiophene rings is 1. The third-order valence-electron chi connectivity index (χ3n) is 3.90. The van der Waals surface area contributed by atoms with Gasteiger partial charge in [-0.2, -0.15) is 0 Å². The fourth-order valence-electron chi connectivity index (χ4n) is 2.58. The standard InChI is InChI=1S/C19H22N4O3S/c1-13-10-16-17(22-12-23-19(16)27-13)21-11-14-2-4-15(5-3-14)18(25)20-6-8-26-9-7-24/h2-5,10,12,24H,6-9,11H2,1H3,(H,20,25)(H,21,22,23). The highest BCUT2D eigenvalue weighted by molar-refractivity contribution is 7.18. The largest absolute Gasteiger partial charge is 0.394 e. The minimum absolute atomic E-state index is 0.0179. The molecule has 0 saturated heterocycles. The molecule has 2 aromatic heterocycles. The molecule has 0 aliphatic rings. The fraction of sp³-hybridized carbons (Fsp3) is 0.316. The Bertz CT molecular complexity index is 896. The number of benzene rings is 1. The number of amides is 1. The lowest BCUT2D eigenvalue weighted by Gasteiger charge is -2.08. The topological polar surface area (TPSA) is 96.4 Å². The summed E-state index contributed by atoms with van der Waals surface area (Å²) in [6.45, 7) is 3.71. The van der Waals surface area contributed by atoms with Gasteiger partial charge in [0.1, 0.15) is 17.0 Å². The van der Waals surface area contributed by atoms with Crippen molar-refractivity contribution in [2.75, 3.05) is 31.7 Å². The molecule has 1 amide bonds. The smallest absolute Gasteiger partial charge is 0.251 e. The molecular formula is C19H22N4O3S. The number of aromatic nitrogens is 2. The summed E-state index contributed by atoms with van der Waals surface area (Å²) < 4.78 is 5.11. The van der Waals surface area contributed by atoms with Crippen LogP contribution in [0.1, 0.15) is 20.8 Å². The number of hydrogen-bond donors (Lipinski definition) is 3. The van der Waals surface area contributed by atoms with Crippen LogP contribution in [-0.2, 0) is 11.3 Å². The number of aliphatic hydroxyl groups excluding tert-OH is 1. The number of rotatable bonds is 9. The van der Waals surface area contributed by atoms with Crippen LogP contribution in [0.3, 0.4) is 0 Å². The molecule has 0 aliphatic carbocycles. The maximum atomic E-state index is 12.1. The summed E-state index contributed by atoms with van der Waals surface area (Å²) in [5.74, 6) is 0.669. The lowest BCUT2D eigenvalue weighted by Crippen LogP contribution is -2.27. The van der Waals surface area contributed by atoms with Gasteiger partial charge in [-0.15, -0.1) is 11.3 Å². The first kappa shape index (κ1) is 19.2. The summed E-state index contributed by atoms with van der Waals surface area (Å²) in [6.07, 6.45) is 1.57. The number of carbonyl (C=O) groups excluding carboxylic acids is 1. The van der Waals surface area contributed by atoms with E-state index in [2.05, 4.69) is 33.6 Å². The summed E-state index contributed by atoms with van der Waals surface area (Å²) in [7, 11) is 0. The number of carbonyl (C=O) groups is 1. The third kappa shape index (κ3) is 5.22. The second kappa shape index (κ2) is 9.40. The second-order valence-electron chi connectivity index (χ2n) is 5.94. The van der Waals surface area contributed by atoms with Crippen LogP contribution in [0, 0.1) is 6.92 Å². The lowest BCUT2D eigenvalue weighted by atomic mass is 10.1. The highest BCUT2D eigenvalue weighted by Crippen LogP contribution is 2.27. The van der Waals surface area contributed by atoms with Crippen LogP contribution in [0.5, 0.6) is 0 Å². The van der Waals surface area contributed by atoms with Gasteiger partial charge in [0, 0.05) is 23.5 Å². The van der Waals surface area contributed by atoms with Gasteiger partial charge in [-0.05, 0) is 30.7 Å². The molecular weight excluding hydrogens is 364 g/mol. The van der Waals surface area contributed by atoms with Gasteiger partial charge >= 0.3 is 0 Å². The summed E-state index contributed by atoms with van der Waals surface area (Å²) >= 11 is 1.65. The molecule has 0 fully saturated rings. The molecule has 0 radical (unpaired) electrons. The van der Waals surface area contributed by atoms with E-state index in [4.69, 9.17) is 9.84 Å². The van der Waals surface area contributed by atoms with Crippen molar-refractivity contribution in [3.05, 3.63) is 52.7 Å². The highest BCUT2D eigenvalue weighted by Gasteiger charge is 2.08. The maximum absolute atomic E-state index is 12.1. The first-order valence-corrected chi connectivity index (χ1v) is 9.50. The molecule has 27 heavy (non-hydrogen) atoms. The van der Waals surface area contributed by atoms with E-state index >= 15 is 0 Å². The molecule has 0 saturated carbocycles. The zero-order valence-electron chi connectivity index (χ0n) is 15.1. The molecule has 2 heterocycles. The molecule has 3 N–H and O–H groups in total. The first-order chi connectivity index (χ1) is 13.2. The lowest BCUT2D eigenvalue weighted by molar-refractivity contribution is 0.0838. The first-order valence-electron chi connectivity index (χ1n) is 8.68. The van der Waals surface area contributed by atoms with E-state index in [-0.39, 0.29) is 19.1 Å². The van der Waals surface area contributed by atoms with Crippen molar-refractivity contribution >= 4 is 33.3 Å². The Balaban J connectivity index is 1.53. The normalized spacial score (nSPS) is 10.9. The second-order valence-corrected chi connectivity index (χ2v) is 7.18. The molecule has 0 aliphatic heterocycles. The van der Waals surface area contributed by atoms with Crippen molar-refractivity contribution in [1.82, 2.24) is 15.3 Å². The third-order valence-corrected chi connectivity index (χ3v) is 4.85. The van der Waals surface area contributed by atoms with E-state index in [1.54, 1.807) is 29.8 Å². The average Bonchev–Trinajstić information content (AvgIpc) is 3.07. The van der Waals surface area contributed by atoms with Gasteiger partial charge in [0.2, 0.25) is 0 Å². The Labute approximate surface area is 161 Å². The van der Waals surface area contributed by atoms with Crippen molar-refractivity contribution in [3.63, 3.8) is 0 Å². The van der Waals surface area contributed by atoms with Gasteiger partial charge in [-0.25, -0.2) is 9.97 Å². The van der Waals surface area contributed by atoms with Gasteiger partial charge in [-0.1, -0.05) is 12.1 Å². The summed E-state index contributed by atoms with van der Waals surface area (Å²) in [4.78, 5) is 22.9. The number of nitrogens with zero attached hydrogens (tertiary/aromatic N) is 2. The summed E-state index contributed by atoms with van der Waals surface area (Å²) in [6, 6.07) is 9.51. The summed E-state index contributed by atoms with van der Waals surface area (Å²) in [5, 5.41) is 15.8. The maximum Gasteiger partial charge on any atom is 0.251 e. The van der Waals surface area contributed by atoms with Crippen molar-refractivity contribution in [1.29, 1.82) is 0 Å². The monoisotopic (exact) mass is 386 g/mol. The molecule has 0 spiro atoms. The molecule has 1 aromatic carbocycles. The Kier molecular flexibility index (Phi) is 6.69. The number of anilines is 1. The van der Waals surface area contributed by atoms with Gasteiger partial charge in [-0.3, -0.25) is 4.79 Å². The Morgan fingerprint density at radius 3 is 2.81 bits per heavy atom. The van der Waals surface area contributed by atoms with E-state index < -0.39 is 0 Å². The molecule has 3 rings (SSSR count). The van der Waals surface area contributed by atoms with E-state index in [9.17, 15) is 4.79 Å². The quantitative estimate of drug-likeness (QED) is 0.489. The molecule has 8 heteroatoms. The number of fused-ring (bicyclic) bond motifs is 1. The van der Waals surface area contributed by atoms with E-state index in [0.29, 0.717) is 25.3 Å². The van der Waals surface area contributed by atoms with Crippen LogP contribution in [0.25, 0.3) is 10.2 Å². The number of hydrogen-bond acceptors (Lipinski definition) is 7. The van der Waals surface area contributed by atoms with Crippen LogP contribution < -0.4 is 10.6 Å². The Morgan fingerprint density at radius 1 is 1.22 bits per heavy atom. The number of ether oxygens (including phenoxy) is 1. The number of aryl methyl sites for hydroxylation is 1. The average molecular weight is 386 g/mol. The van der Waals surface area contributed by atoms with Gasteiger partial charge in [0.25, 0.3) is 5.91 Å². The van der Waals surface area contributed by atoms with E-state index in [1.807, 2.05) is 12.1 Å². The minimum Gasteiger partial charge on any atom is -0.394 e. The van der Waals surface area contributed by atoms with Crippen molar-refractivity contribution < 1.29 is 14.6 Å². The Hall–Kier alpha value is -2.55. The van der Waals surface area contributed by atoms with Crippen molar-refractivity contribution in [2.24, 2.45) is 0 Å². The molecule has 0 bridgehead atoms. The zero-order valence-corrected chi connectivity index (χ0v) is 15.9. The van der Waals surface area contributed by atoms with E-state index in [1.165, 1.54) is 4.88 Å². The SMILES string of the molecule is Cc1cc2c(NCc3ccc(C(=O)NCCOCCO)cc3)ncnc2s1. The van der Waals surface area contributed by atoms with Crippen molar-refractivity contribution in [2.45, 2.75) is 13.5 Å². The number of aliphatic hydroxyl groups is 1. The van der Waals surface area contributed by atoms with Crippen LogP contribution in [-0.4, -0.2) is 47.3 Å². The predicted molar refractivity (Wildman–Crippen MR) is 106 cm³/mol. The predicted octanol–water partition coefficient (Wildman–Crippen LogP) is 2.35. The number of nitrogens with one attached hydrogen (secondary N) is 2. The van der Waals surface area contributed by atoms with Crippen LogP contribution in [0.15, 0.2) is 36.7 Å². The zero-order chi connectivity index (χ0) is 19.1. The Morgan fingerprint density at radius 2 is 2.04 bits per heavy atom. The fourth-order valence-corrected chi connectivity index (χ4v) is 3.43. The van der Waals surface area contributed by atoms with Crippen LogP contribution in [0.2, 0.25) is 0 Å². The molecule has 142 valence electrons. The van der Waals surface area contributed by atoms with E-state index in [0.717, 1.165) is 21.6 Å². The van der Waals surface area contributed by atoms with Crippen molar-refractivity contribution in [3.8, 4) is 0 Å². The van der Waals surface area contributed by atoms with Gasteiger partial charge < -0.3 is 20.5 Å². The molecule has 0 atom stereocenters. The molecule has 7 nitrogen and oxygen atoms in total. The molecule has 3 aromatic rings. The van der Waals surface area contributed by atoms with Gasteiger partial charge in [0.15, 0.2) is 0 Å². The van der Waals surface area contributed by atoms with Gasteiger partial charge in [0.05, 0.1) is 25.2 Å². The minimum atomic E-state index is -0.145. The summed E-state index contributed by atoms with van der Waals surface area (Å²) in [5.41, 5.74) is 1.65. The highest BCUT2D eigenvalue weighted by atomic mass is 32.1.